The quantitative estimate of drug-likeness (QED) is 0.0149. The lowest BCUT2D eigenvalue weighted by Crippen LogP contribution is -2.31. The lowest BCUT2D eigenvalue weighted by atomic mass is 10.1. The summed E-state index contributed by atoms with van der Waals surface area (Å²) in [6.45, 7) is 18.5. The Morgan fingerprint density at radius 2 is 0.745 bits per heavy atom. The highest BCUT2D eigenvalue weighted by molar-refractivity contribution is 5.78. The number of hydrogen-bond donors (Lipinski definition) is 5. The Hall–Kier alpha value is -11.3. The van der Waals surface area contributed by atoms with E-state index in [1.807, 2.05) is 191 Å². The van der Waals surface area contributed by atoms with E-state index in [-0.39, 0.29) is 48.0 Å². The highest BCUT2D eigenvalue weighted by Crippen LogP contribution is 2.30. The molecule has 2 aliphatic heterocycles. The number of rotatable bonds is 32. The second kappa shape index (κ2) is 44.3. The Morgan fingerprint density at radius 3 is 1.13 bits per heavy atom. The van der Waals surface area contributed by atoms with Gasteiger partial charge in [-0.05, 0) is 171 Å². The van der Waals surface area contributed by atoms with Gasteiger partial charge in [-0.15, -0.1) is 0 Å². The number of phenols is 2. The van der Waals surface area contributed by atoms with Crippen molar-refractivity contribution < 1.29 is 106 Å². The highest BCUT2D eigenvalue weighted by atomic mass is 16.8. The Kier molecular flexibility index (Phi) is 34.6. The monoisotopic (exact) mass is 1510 g/mol. The number of aliphatic carboxylic acids is 2. The molecule has 5 atom stereocenters. The number of para-hydroxylation sites is 1. The lowest BCUT2D eigenvalue weighted by molar-refractivity contribution is -0.162. The van der Waals surface area contributed by atoms with Gasteiger partial charge in [0.1, 0.15) is 59.2 Å². The number of hydrogen-bond acceptors (Lipinski definition) is 20. The zero-order valence-corrected chi connectivity index (χ0v) is 63.5. The third-order valence-corrected chi connectivity index (χ3v) is 15.9. The maximum atomic E-state index is 11.8. The van der Waals surface area contributed by atoms with Crippen molar-refractivity contribution in [2.75, 3.05) is 19.8 Å². The summed E-state index contributed by atoms with van der Waals surface area (Å²) in [5.74, 6) is 0.153. The van der Waals surface area contributed by atoms with Gasteiger partial charge in [-0.2, -0.15) is 0 Å². The first-order valence-corrected chi connectivity index (χ1v) is 36.3. The topological polar surface area (TPSA) is 297 Å². The molecule has 0 unspecified atom stereocenters. The van der Waals surface area contributed by atoms with Crippen molar-refractivity contribution in [1.82, 2.24) is 0 Å². The van der Waals surface area contributed by atoms with Crippen molar-refractivity contribution in [3.05, 3.63) is 276 Å². The van der Waals surface area contributed by atoms with Crippen LogP contribution in [0.25, 0.3) is 0 Å². The average Bonchev–Trinajstić information content (AvgIpc) is 1.69. The van der Waals surface area contributed by atoms with E-state index in [2.05, 4.69) is 0 Å². The van der Waals surface area contributed by atoms with Gasteiger partial charge in [0.05, 0.1) is 32.0 Å². The smallest absolute Gasteiger partial charge is 0.338 e. The molecule has 110 heavy (non-hydrogen) atoms. The van der Waals surface area contributed by atoms with Crippen LogP contribution in [0.2, 0.25) is 0 Å². The summed E-state index contributed by atoms with van der Waals surface area (Å²) in [5.41, 5.74) is 6.71. The van der Waals surface area contributed by atoms with Crippen LogP contribution in [0, 0.1) is 0 Å². The molecule has 0 saturated carbocycles. The molecule has 0 spiro atoms. The van der Waals surface area contributed by atoms with Crippen LogP contribution in [0.1, 0.15) is 108 Å². The van der Waals surface area contributed by atoms with Crippen LogP contribution in [0.4, 0.5) is 0 Å². The molecule has 584 valence electrons. The number of phenolic OH excluding ortho intramolecular Hbond substituents is 2. The Morgan fingerprint density at radius 1 is 0.409 bits per heavy atom. The van der Waals surface area contributed by atoms with E-state index in [1.54, 1.807) is 107 Å². The minimum atomic E-state index is -1.37. The predicted molar refractivity (Wildman–Crippen MR) is 412 cm³/mol. The molecule has 9 aromatic rings. The zero-order chi connectivity index (χ0) is 79.4. The van der Waals surface area contributed by atoms with Crippen molar-refractivity contribution in [2.24, 2.45) is 0 Å². The standard InChI is InChI=1S/C27H30O6.C19H20O4.C16H16O4.C14H20O4.C12H14O4/c1-20(2)32-26(27(28)29)19-21-9-11-22(12-10-21)30-17-6-18-31-23-13-15-25(16-14-23)33-24-7-4-3-5-8-24;1-19(2)22-17(18(20)23-19)12-14-8-10-16(11-9-14)21-13-15-6-4-3-5-7-15;17-15(16(18)19)10-12-6-8-14(9-7-12)20-11-13-4-2-1-3-5-13;1-4-17-14(16)13(18-10(2)3)9-11-5-7-12(15)8-6-11;1-12(2)15-10(11(14)16-12)7-8-3-5-9(13)6-4-8/h3-5,7-16,20,26H,6,17-19H2,1-2H3,(H,28,29);3-11,17H,12-13H2,1-2H3;1-9,15,17H,10-11H2,(H,18,19);5-8,10,13,15H,4,9H2,1-3H3;3-6,10,13H,7H2,1-2H3/t26-;17-;15-;13-;10-/m00000/s1. The molecular weight excluding hydrogens is 1410 g/mol. The van der Waals surface area contributed by atoms with Gasteiger partial charge in [-0.25, -0.2) is 24.0 Å². The van der Waals surface area contributed by atoms with Crippen molar-refractivity contribution >= 4 is 29.8 Å². The second-order valence-electron chi connectivity index (χ2n) is 26.9. The summed E-state index contributed by atoms with van der Waals surface area (Å²) in [6.07, 6.45) is -1.57. The third kappa shape index (κ3) is 32.3. The molecule has 2 heterocycles. The molecule has 9 aromatic carbocycles. The normalized spacial score (nSPS) is 15.1. The predicted octanol–water partition coefficient (Wildman–Crippen LogP) is 15.4. The molecule has 2 aliphatic rings. The minimum absolute atomic E-state index is 0.0449. The molecule has 0 amide bonds. The number of aliphatic hydroxyl groups excluding tert-OH is 1. The van der Waals surface area contributed by atoms with Gasteiger partial charge < -0.3 is 82.4 Å². The molecule has 0 radical (unpaired) electrons. The largest absolute Gasteiger partial charge is 0.508 e. The molecule has 0 aliphatic carbocycles. The fourth-order valence-corrected chi connectivity index (χ4v) is 10.7. The first kappa shape index (κ1) is 86.0. The fourth-order valence-electron chi connectivity index (χ4n) is 10.7. The van der Waals surface area contributed by atoms with E-state index in [4.69, 9.17) is 67.1 Å². The van der Waals surface area contributed by atoms with Crippen LogP contribution in [0.3, 0.4) is 0 Å². The molecule has 2 fully saturated rings. The van der Waals surface area contributed by atoms with Crippen LogP contribution in [0.5, 0.6) is 46.0 Å². The van der Waals surface area contributed by atoms with Gasteiger partial charge >= 0.3 is 29.8 Å². The van der Waals surface area contributed by atoms with Gasteiger partial charge in [0.2, 0.25) is 11.6 Å². The number of aliphatic hydroxyl groups is 1. The van der Waals surface area contributed by atoms with E-state index in [9.17, 15) is 39.3 Å². The third-order valence-electron chi connectivity index (χ3n) is 15.9. The first-order chi connectivity index (χ1) is 52.6. The second-order valence-corrected chi connectivity index (χ2v) is 26.9. The van der Waals surface area contributed by atoms with Crippen LogP contribution < -0.4 is 23.7 Å². The molecule has 0 bridgehead atoms. The SMILES string of the molecule is CC(C)O[C@@H](Cc1ccc(OCCCOc2ccc(Oc3ccccc3)cc2)cc1)C(=O)O.CC1(C)OC(=O)[C@H](Cc2ccc(O)cc2)O1.CC1(C)OC(=O)[C@H](Cc2ccc(OCc3ccccc3)cc2)O1.CCOC(=O)[C@H](Cc1ccc(O)cc1)OC(C)C.O=C(O)[C@@H](O)Cc1ccc(OCc2ccccc2)cc1. The first-order valence-electron chi connectivity index (χ1n) is 36.3. The number of cyclic esters (lactones) is 2. The maximum Gasteiger partial charge on any atom is 0.338 e. The van der Waals surface area contributed by atoms with Crippen LogP contribution in [-0.4, -0.2) is 130 Å². The van der Waals surface area contributed by atoms with Crippen LogP contribution in [0.15, 0.2) is 237 Å². The minimum Gasteiger partial charge on any atom is -0.508 e. The summed E-state index contributed by atoms with van der Waals surface area (Å²) in [5, 5.41) is 45.5. The number of esters is 3. The highest BCUT2D eigenvalue weighted by Gasteiger charge is 2.42. The number of carboxylic acids is 2. The average molecular weight is 1510 g/mol. The Balaban J connectivity index is 0.000000196. The van der Waals surface area contributed by atoms with E-state index >= 15 is 0 Å². The van der Waals surface area contributed by atoms with Gasteiger partial charge in [-0.1, -0.05) is 140 Å². The molecule has 2 saturated heterocycles. The summed E-state index contributed by atoms with van der Waals surface area (Å²) >= 11 is 0. The molecule has 11 rings (SSSR count). The van der Waals surface area contributed by atoms with Crippen LogP contribution in [-0.2, 0) is 102 Å². The number of carbonyl (C=O) groups excluding carboxylic acids is 3. The molecular formula is C88H100O22. The fraction of sp³-hybridized carbons (Fsp3) is 0.330. The lowest BCUT2D eigenvalue weighted by Gasteiger charge is -2.19. The van der Waals surface area contributed by atoms with Crippen LogP contribution >= 0.6 is 0 Å². The Bertz CT molecular complexity index is 4180. The van der Waals surface area contributed by atoms with Gasteiger partial charge in [0.25, 0.3) is 0 Å². The number of benzene rings is 9. The van der Waals surface area contributed by atoms with E-state index in [0.717, 1.165) is 74.1 Å². The van der Waals surface area contributed by atoms with Crippen molar-refractivity contribution in [3.63, 3.8) is 0 Å². The number of carbonyl (C=O) groups is 5. The molecule has 22 heteroatoms. The number of aromatic hydroxyl groups is 2. The Labute approximate surface area is 642 Å². The molecule has 22 nitrogen and oxygen atoms in total. The number of ether oxygens (including phenoxy) is 12. The van der Waals surface area contributed by atoms with Crippen molar-refractivity contribution in [2.45, 2.75) is 168 Å². The van der Waals surface area contributed by atoms with Gasteiger partial charge in [-0.3, -0.25) is 0 Å². The summed E-state index contributed by atoms with van der Waals surface area (Å²) in [6, 6.07) is 72.6. The molecule has 5 N–H and O–H groups in total. The zero-order valence-electron chi connectivity index (χ0n) is 63.5. The van der Waals surface area contributed by atoms with E-state index in [1.165, 1.54) is 0 Å². The van der Waals surface area contributed by atoms with Crippen molar-refractivity contribution in [1.29, 1.82) is 0 Å². The van der Waals surface area contributed by atoms with Gasteiger partial charge in [0.15, 0.2) is 30.5 Å². The maximum absolute atomic E-state index is 11.8. The number of carboxylic acid groups (broad SMARTS) is 2. The van der Waals surface area contributed by atoms with Crippen molar-refractivity contribution in [3.8, 4) is 46.0 Å². The van der Waals surface area contributed by atoms with Gasteiger partial charge in [0, 0.05) is 66.2 Å². The molecule has 0 aromatic heterocycles. The summed E-state index contributed by atoms with van der Waals surface area (Å²) < 4.78 is 65.9. The summed E-state index contributed by atoms with van der Waals surface area (Å²) in [4.78, 5) is 56.9. The van der Waals surface area contributed by atoms with E-state index in [0.29, 0.717) is 64.5 Å². The van der Waals surface area contributed by atoms with E-state index < -0.39 is 54.0 Å². The summed E-state index contributed by atoms with van der Waals surface area (Å²) in [7, 11) is 0.